The molecule has 0 unspecified atom stereocenters. The van der Waals surface area contributed by atoms with Crippen molar-refractivity contribution in [1.82, 2.24) is 9.21 Å². The quantitative estimate of drug-likeness (QED) is 0.705. The first-order valence-electron chi connectivity index (χ1n) is 5.72. The lowest BCUT2D eigenvalue weighted by Gasteiger charge is -2.28. The molecular formula is C10H22N2O2S. The minimum absolute atomic E-state index is 0.198. The number of nitrogens with zero attached hydrogens (tertiary/aromatic N) is 2. The predicted molar refractivity (Wildman–Crippen MR) is 62.4 cm³/mol. The molecule has 1 fully saturated rings. The Morgan fingerprint density at radius 3 is 2.33 bits per heavy atom. The van der Waals surface area contributed by atoms with Gasteiger partial charge in [0.15, 0.2) is 0 Å². The number of rotatable bonds is 5. The van der Waals surface area contributed by atoms with E-state index < -0.39 is 10.0 Å². The van der Waals surface area contributed by atoms with E-state index in [1.807, 2.05) is 0 Å². The Kier molecular flexibility index (Phi) is 5.02. The molecule has 0 atom stereocenters. The predicted octanol–water partition coefficient (Wildman–Crippen LogP) is 0.754. The van der Waals surface area contributed by atoms with Gasteiger partial charge < -0.3 is 4.90 Å². The molecule has 0 saturated carbocycles. The van der Waals surface area contributed by atoms with Crippen LogP contribution in [0.2, 0.25) is 0 Å². The number of hydrogen-bond donors (Lipinski definition) is 0. The van der Waals surface area contributed by atoms with Crippen LogP contribution in [0.5, 0.6) is 0 Å². The molecule has 0 aliphatic carbocycles. The van der Waals surface area contributed by atoms with Gasteiger partial charge in [0, 0.05) is 20.1 Å². The molecule has 4 nitrogen and oxygen atoms in total. The van der Waals surface area contributed by atoms with E-state index in [-0.39, 0.29) is 5.75 Å². The molecule has 1 saturated heterocycles. The molecule has 0 aromatic rings. The summed E-state index contributed by atoms with van der Waals surface area (Å²) < 4.78 is 24.4. The highest BCUT2D eigenvalue weighted by Crippen LogP contribution is 2.08. The summed E-state index contributed by atoms with van der Waals surface area (Å²) >= 11 is 0. The number of hydrogen-bond acceptors (Lipinski definition) is 3. The lowest BCUT2D eigenvalue weighted by molar-refractivity contribution is 0.218. The maximum atomic E-state index is 11.5. The zero-order valence-corrected chi connectivity index (χ0v) is 10.6. The lowest BCUT2D eigenvalue weighted by atomic mass is 10.1. The smallest absolute Gasteiger partial charge is 0.213 e. The monoisotopic (exact) mass is 234 g/mol. The third-order valence-electron chi connectivity index (χ3n) is 3.02. The Morgan fingerprint density at radius 1 is 1.20 bits per heavy atom. The van der Waals surface area contributed by atoms with Crippen LogP contribution in [0, 0.1) is 0 Å². The van der Waals surface area contributed by atoms with Crippen LogP contribution in [-0.4, -0.2) is 56.6 Å². The fraction of sp³-hybridized carbons (Fsp3) is 1.00. The molecule has 1 aliphatic heterocycles. The van der Waals surface area contributed by atoms with Crippen molar-refractivity contribution in [1.29, 1.82) is 0 Å². The van der Waals surface area contributed by atoms with Gasteiger partial charge in [-0.2, -0.15) is 0 Å². The molecule has 0 aromatic carbocycles. The van der Waals surface area contributed by atoms with Crippen LogP contribution in [0.1, 0.15) is 26.2 Å². The average Bonchev–Trinajstić information content (AvgIpc) is 2.27. The van der Waals surface area contributed by atoms with Crippen LogP contribution in [-0.2, 0) is 10.0 Å². The largest absolute Gasteiger partial charge is 0.302 e. The number of piperidine rings is 1. The number of likely N-dealkylation sites (tertiary alicyclic amines) is 1. The first-order chi connectivity index (χ1) is 7.06. The standard InChI is InChI=1S/C10H22N2O2S/c1-3-15(13,14)11(2)9-10-12-7-5-4-6-8-12/h3-10H2,1-2H3. The van der Waals surface area contributed by atoms with Crippen molar-refractivity contribution < 1.29 is 8.42 Å². The maximum Gasteiger partial charge on any atom is 0.213 e. The second-order valence-corrected chi connectivity index (χ2v) is 6.49. The Bertz CT molecular complexity index is 271. The molecule has 0 spiro atoms. The van der Waals surface area contributed by atoms with Crippen molar-refractivity contribution in [2.45, 2.75) is 26.2 Å². The third-order valence-corrected chi connectivity index (χ3v) is 4.88. The van der Waals surface area contributed by atoms with Crippen molar-refractivity contribution in [2.75, 3.05) is 39.0 Å². The summed E-state index contributed by atoms with van der Waals surface area (Å²) in [5.41, 5.74) is 0. The first-order valence-corrected chi connectivity index (χ1v) is 7.33. The fourth-order valence-corrected chi connectivity index (χ4v) is 2.63. The van der Waals surface area contributed by atoms with Crippen molar-refractivity contribution in [3.8, 4) is 0 Å². The van der Waals surface area contributed by atoms with Crippen molar-refractivity contribution in [2.24, 2.45) is 0 Å². The Labute approximate surface area is 93.3 Å². The highest BCUT2D eigenvalue weighted by atomic mass is 32.2. The van der Waals surface area contributed by atoms with Gasteiger partial charge in [0.1, 0.15) is 0 Å². The van der Waals surface area contributed by atoms with Gasteiger partial charge in [-0.1, -0.05) is 6.42 Å². The Balaban J connectivity index is 2.30. The first kappa shape index (κ1) is 12.9. The van der Waals surface area contributed by atoms with Gasteiger partial charge in [-0.25, -0.2) is 12.7 Å². The summed E-state index contributed by atoms with van der Waals surface area (Å²) in [5.74, 6) is 0.198. The molecular weight excluding hydrogens is 212 g/mol. The van der Waals surface area contributed by atoms with Crippen LogP contribution >= 0.6 is 0 Å². The van der Waals surface area contributed by atoms with Gasteiger partial charge in [-0.05, 0) is 32.9 Å². The Hall–Kier alpha value is -0.130. The van der Waals surface area contributed by atoms with Crippen molar-refractivity contribution >= 4 is 10.0 Å². The summed E-state index contributed by atoms with van der Waals surface area (Å²) in [7, 11) is -1.32. The molecule has 0 amide bonds. The molecule has 1 aliphatic rings. The summed E-state index contributed by atoms with van der Waals surface area (Å²) in [4.78, 5) is 2.35. The van der Waals surface area contributed by atoms with Crippen LogP contribution in [0.15, 0.2) is 0 Å². The van der Waals surface area contributed by atoms with Gasteiger partial charge in [0.25, 0.3) is 0 Å². The zero-order valence-electron chi connectivity index (χ0n) is 9.78. The minimum Gasteiger partial charge on any atom is -0.302 e. The molecule has 90 valence electrons. The van der Waals surface area contributed by atoms with Crippen LogP contribution in [0.4, 0.5) is 0 Å². The minimum atomic E-state index is -2.99. The van der Waals surface area contributed by atoms with E-state index in [4.69, 9.17) is 0 Å². The van der Waals surface area contributed by atoms with Crippen molar-refractivity contribution in [3.63, 3.8) is 0 Å². The SMILES string of the molecule is CCS(=O)(=O)N(C)CCN1CCCCC1. The third kappa shape index (κ3) is 4.09. The maximum absolute atomic E-state index is 11.5. The highest BCUT2D eigenvalue weighted by molar-refractivity contribution is 7.89. The van der Waals surface area contributed by atoms with Gasteiger partial charge in [0.2, 0.25) is 10.0 Å². The molecule has 0 radical (unpaired) electrons. The molecule has 0 aromatic heterocycles. The number of sulfonamides is 1. The van der Waals surface area contributed by atoms with E-state index in [2.05, 4.69) is 4.90 Å². The molecule has 0 N–H and O–H groups in total. The topological polar surface area (TPSA) is 40.6 Å². The molecule has 15 heavy (non-hydrogen) atoms. The summed E-state index contributed by atoms with van der Waals surface area (Å²) in [6.07, 6.45) is 3.83. The van der Waals surface area contributed by atoms with Gasteiger partial charge in [0.05, 0.1) is 5.75 Å². The normalized spacial score (nSPS) is 19.7. The van der Waals surface area contributed by atoms with Gasteiger partial charge in [-0.15, -0.1) is 0 Å². The van der Waals surface area contributed by atoms with E-state index in [1.54, 1.807) is 14.0 Å². The van der Waals surface area contributed by atoms with E-state index in [0.717, 1.165) is 19.6 Å². The Morgan fingerprint density at radius 2 is 1.80 bits per heavy atom. The van der Waals surface area contributed by atoms with Gasteiger partial charge in [-0.3, -0.25) is 0 Å². The van der Waals surface area contributed by atoms with E-state index >= 15 is 0 Å². The average molecular weight is 234 g/mol. The molecule has 1 rings (SSSR count). The van der Waals surface area contributed by atoms with Crippen LogP contribution < -0.4 is 0 Å². The van der Waals surface area contributed by atoms with Crippen LogP contribution in [0.3, 0.4) is 0 Å². The van der Waals surface area contributed by atoms with Gasteiger partial charge >= 0.3 is 0 Å². The summed E-state index contributed by atoms with van der Waals surface area (Å²) in [5, 5.41) is 0. The second-order valence-electron chi connectivity index (χ2n) is 4.12. The van der Waals surface area contributed by atoms with E-state index in [9.17, 15) is 8.42 Å². The molecule has 1 heterocycles. The zero-order chi connectivity index (χ0) is 11.3. The summed E-state index contributed by atoms with van der Waals surface area (Å²) in [6, 6.07) is 0. The van der Waals surface area contributed by atoms with E-state index in [1.165, 1.54) is 23.6 Å². The molecule has 5 heteroatoms. The second kappa shape index (κ2) is 5.82. The highest BCUT2D eigenvalue weighted by Gasteiger charge is 2.16. The van der Waals surface area contributed by atoms with Crippen LogP contribution in [0.25, 0.3) is 0 Å². The number of likely N-dealkylation sites (N-methyl/N-ethyl adjacent to an activating group) is 1. The molecule has 0 bridgehead atoms. The summed E-state index contributed by atoms with van der Waals surface area (Å²) in [6.45, 7) is 5.43. The van der Waals surface area contributed by atoms with E-state index in [0.29, 0.717) is 6.54 Å². The lowest BCUT2D eigenvalue weighted by Crippen LogP contribution is -2.39. The fourth-order valence-electron chi connectivity index (χ4n) is 1.82. The van der Waals surface area contributed by atoms with Crippen molar-refractivity contribution in [3.05, 3.63) is 0 Å².